The highest BCUT2D eigenvalue weighted by molar-refractivity contribution is 5.96. The molecule has 150 valence electrons. The van der Waals surface area contributed by atoms with Gasteiger partial charge in [-0.3, -0.25) is 4.79 Å². The number of alkyl halides is 1. The predicted molar refractivity (Wildman–Crippen MR) is 102 cm³/mol. The molecule has 2 atom stereocenters. The van der Waals surface area contributed by atoms with Gasteiger partial charge in [-0.25, -0.2) is 19.2 Å². The lowest BCUT2D eigenvalue weighted by Gasteiger charge is -2.10. The van der Waals surface area contributed by atoms with Crippen LogP contribution in [0.2, 0.25) is 0 Å². The lowest BCUT2D eigenvalue weighted by molar-refractivity contribution is -0.117. The third-order valence-electron chi connectivity index (χ3n) is 4.74. The predicted octanol–water partition coefficient (Wildman–Crippen LogP) is 2.40. The van der Waals surface area contributed by atoms with Gasteiger partial charge in [0.05, 0.1) is 42.2 Å². The number of nitrogens with one attached hydrogen (secondary N) is 1. The van der Waals surface area contributed by atoms with Crippen LogP contribution in [0.4, 0.5) is 15.0 Å². The van der Waals surface area contributed by atoms with Gasteiger partial charge in [0.2, 0.25) is 11.8 Å². The minimum absolute atomic E-state index is 0.176. The van der Waals surface area contributed by atoms with E-state index in [2.05, 4.69) is 15.3 Å². The number of carbonyl (C=O) groups excluding carboxylic acids is 2. The van der Waals surface area contributed by atoms with Gasteiger partial charge in [0.15, 0.2) is 5.75 Å². The van der Waals surface area contributed by atoms with Crippen LogP contribution < -0.4 is 20.5 Å². The molecular formula is C19H18FN5O4. The maximum Gasteiger partial charge on any atom is 0.410 e. The fraction of sp³-hybridized carbons (Fsp3) is 0.263. The molecule has 9 nitrogen and oxygen atoms in total. The first-order chi connectivity index (χ1) is 13.9. The van der Waals surface area contributed by atoms with Crippen LogP contribution in [0.25, 0.3) is 22.2 Å². The second-order valence-electron chi connectivity index (χ2n) is 6.71. The number of hydrogen-bond donors (Lipinski definition) is 2. The summed E-state index contributed by atoms with van der Waals surface area (Å²) in [5.41, 5.74) is 7.16. The molecule has 1 saturated carbocycles. The first kappa shape index (κ1) is 18.7. The van der Waals surface area contributed by atoms with Crippen molar-refractivity contribution >= 4 is 28.7 Å². The number of rotatable bonds is 5. The maximum atomic E-state index is 13.1. The molecule has 3 aromatic heterocycles. The Morgan fingerprint density at radius 2 is 2.03 bits per heavy atom. The van der Waals surface area contributed by atoms with E-state index in [0.29, 0.717) is 17.3 Å². The molecule has 10 heteroatoms. The van der Waals surface area contributed by atoms with Crippen LogP contribution in [0.1, 0.15) is 6.42 Å². The molecule has 0 bridgehead atoms. The number of nitrogens with two attached hydrogens (primary N) is 1. The van der Waals surface area contributed by atoms with Crippen molar-refractivity contribution in [3.63, 3.8) is 0 Å². The number of hydrogen-bond acceptors (Lipinski definition) is 6. The number of aryl methyl sites for hydroxylation is 1. The van der Waals surface area contributed by atoms with Gasteiger partial charge in [0.1, 0.15) is 12.0 Å². The average molecular weight is 399 g/mol. The van der Waals surface area contributed by atoms with Gasteiger partial charge in [-0.05, 0) is 24.6 Å². The van der Waals surface area contributed by atoms with E-state index in [9.17, 15) is 14.0 Å². The van der Waals surface area contributed by atoms with Crippen molar-refractivity contribution in [2.45, 2.75) is 12.6 Å². The number of primary amides is 1. The van der Waals surface area contributed by atoms with E-state index < -0.39 is 18.2 Å². The first-order valence-corrected chi connectivity index (χ1v) is 8.79. The van der Waals surface area contributed by atoms with E-state index in [4.69, 9.17) is 15.2 Å². The fourth-order valence-corrected chi connectivity index (χ4v) is 3.17. The summed E-state index contributed by atoms with van der Waals surface area (Å²) in [5, 5.41) is 3.44. The van der Waals surface area contributed by atoms with Crippen molar-refractivity contribution in [2.24, 2.45) is 18.7 Å². The Balaban J connectivity index is 1.71. The zero-order chi connectivity index (χ0) is 20.7. The third kappa shape index (κ3) is 3.56. The normalized spacial score (nSPS) is 17.8. The number of amides is 2. The van der Waals surface area contributed by atoms with Crippen molar-refractivity contribution in [3.05, 3.63) is 30.6 Å². The second kappa shape index (κ2) is 7.04. The van der Waals surface area contributed by atoms with Crippen LogP contribution in [0, 0.1) is 5.92 Å². The highest BCUT2D eigenvalue weighted by Gasteiger charge is 2.43. The Bertz CT molecular complexity index is 1130. The van der Waals surface area contributed by atoms with E-state index in [1.807, 2.05) is 17.7 Å². The van der Waals surface area contributed by atoms with Crippen LogP contribution in [0.15, 0.2) is 30.6 Å². The van der Waals surface area contributed by atoms with Crippen LogP contribution in [0.5, 0.6) is 11.6 Å². The molecule has 0 aliphatic heterocycles. The van der Waals surface area contributed by atoms with Crippen molar-refractivity contribution in [1.82, 2.24) is 14.5 Å². The van der Waals surface area contributed by atoms with Gasteiger partial charge < -0.3 is 25.1 Å². The van der Waals surface area contributed by atoms with E-state index in [1.165, 1.54) is 13.3 Å². The Hall–Kier alpha value is -3.69. The molecule has 0 radical (unpaired) electrons. The van der Waals surface area contributed by atoms with Crippen molar-refractivity contribution in [1.29, 1.82) is 0 Å². The van der Waals surface area contributed by atoms with Gasteiger partial charge in [-0.15, -0.1) is 0 Å². The molecule has 4 rings (SSSR count). The zero-order valence-corrected chi connectivity index (χ0v) is 15.7. The number of fused-ring (bicyclic) bond motifs is 1. The molecular weight excluding hydrogens is 381 g/mol. The molecule has 0 saturated heterocycles. The zero-order valence-electron chi connectivity index (χ0n) is 15.7. The van der Waals surface area contributed by atoms with E-state index >= 15 is 0 Å². The Morgan fingerprint density at radius 3 is 2.69 bits per heavy atom. The van der Waals surface area contributed by atoms with Gasteiger partial charge in [0, 0.05) is 12.4 Å². The number of methoxy groups -OCH3 is 1. The summed E-state index contributed by atoms with van der Waals surface area (Å²) in [6, 6.07) is 5.15. The third-order valence-corrected chi connectivity index (χ3v) is 4.74. The van der Waals surface area contributed by atoms with Crippen LogP contribution >= 0.6 is 0 Å². The number of pyridine rings is 2. The quantitative estimate of drug-likeness (QED) is 0.679. The number of ether oxygens (including phenoxy) is 2. The number of carbonyl (C=O) groups is 2. The van der Waals surface area contributed by atoms with Gasteiger partial charge >= 0.3 is 6.09 Å². The summed E-state index contributed by atoms with van der Waals surface area (Å²) in [5.74, 6) is -0.119. The molecule has 0 unspecified atom stereocenters. The molecule has 3 N–H and O–H groups in total. The largest absolute Gasteiger partial charge is 0.481 e. The molecule has 1 fully saturated rings. The maximum absolute atomic E-state index is 13.1. The molecule has 0 spiro atoms. The number of nitrogens with zero attached hydrogens (tertiary/aromatic N) is 3. The average Bonchev–Trinajstić information content (AvgIpc) is 3.33. The van der Waals surface area contributed by atoms with E-state index in [1.54, 1.807) is 18.3 Å². The van der Waals surface area contributed by atoms with Gasteiger partial charge in [-0.1, -0.05) is 0 Å². The summed E-state index contributed by atoms with van der Waals surface area (Å²) in [6.07, 6.45) is 1.17. The summed E-state index contributed by atoms with van der Waals surface area (Å²) < 4.78 is 25.2. The summed E-state index contributed by atoms with van der Waals surface area (Å²) in [7, 11) is 3.31. The van der Waals surface area contributed by atoms with Crippen LogP contribution in [0.3, 0.4) is 0 Å². The molecule has 3 aromatic rings. The van der Waals surface area contributed by atoms with Crippen LogP contribution in [-0.2, 0) is 11.8 Å². The first-order valence-electron chi connectivity index (χ1n) is 8.79. The highest BCUT2D eigenvalue weighted by Crippen LogP contribution is 2.36. The van der Waals surface area contributed by atoms with Crippen molar-refractivity contribution < 1.29 is 23.5 Å². The molecule has 0 aromatic carbocycles. The monoisotopic (exact) mass is 399 g/mol. The number of aromatic nitrogens is 3. The minimum atomic E-state index is -1.07. The Kier molecular flexibility index (Phi) is 4.53. The Labute approximate surface area is 164 Å². The summed E-state index contributed by atoms with van der Waals surface area (Å²) >= 11 is 0. The smallest absolute Gasteiger partial charge is 0.410 e. The molecule has 2 amide bonds. The molecule has 1 aliphatic rings. The fourth-order valence-electron chi connectivity index (χ4n) is 3.17. The lowest BCUT2D eigenvalue weighted by Crippen LogP contribution is -2.16. The topological polar surface area (TPSA) is 121 Å². The van der Waals surface area contributed by atoms with Crippen LogP contribution in [-0.4, -0.2) is 39.8 Å². The van der Waals surface area contributed by atoms with E-state index in [-0.39, 0.29) is 18.1 Å². The van der Waals surface area contributed by atoms with E-state index in [0.717, 1.165) is 16.6 Å². The van der Waals surface area contributed by atoms with Crippen molar-refractivity contribution in [2.75, 3.05) is 12.4 Å². The van der Waals surface area contributed by atoms with Crippen molar-refractivity contribution in [3.8, 4) is 22.9 Å². The number of halogens is 1. The Morgan fingerprint density at radius 1 is 1.28 bits per heavy atom. The second-order valence-corrected chi connectivity index (χ2v) is 6.71. The molecule has 1 aliphatic carbocycles. The standard InChI is InChI=1S/C19H18FN5O4/c1-25-14(12-5-10(29-19(21)27)7-23-18(12)28-2)3-9-4-16(22-8-15(9)25)24-17(26)11-6-13(11)20/h3-5,7-8,11,13H,6H2,1-2H3,(H2,21,27)(H,22,24,26)/t11-,13+/m1/s1. The van der Waals surface area contributed by atoms with Gasteiger partial charge in [0.25, 0.3) is 0 Å². The summed E-state index contributed by atoms with van der Waals surface area (Å²) in [4.78, 5) is 31.4. The number of anilines is 1. The minimum Gasteiger partial charge on any atom is -0.481 e. The summed E-state index contributed by atoms with van der Waals surface area (Å²) in [6.45, 7) is 0. The highest BCUT2D eigenvalue weighted by atomic mass is 19.1. The SMILES string of the molecule is COc1ncc(OC(N)=O)cc1-c1cc2cc(NC(=O)[C@@H]3C[C@@H]3F)ncc2n1C. The molecule has 29 heavy (non-hydrogen) atoms. The van der Waals surface area contributed by atoms with Gasteiger partial charge in [-0.2, -0.15) is 0 Å². The lowest BCUT2D eigenvalue weighted by atomic mass is 10.2. The molecule has 3 heterocycles.